The van der Waals surface area contributed by atoms with Gasteiger partial charge in [-0.15, -0.1) is 0 Å². The minimum atomic E-state index is -0.791. The van der Waals surface area contributed by atoms with Gasteiger partial charge in [0.1, 0.15) is 5.82 Å². The molecule has 5 heteroatoms. The summed E-state index contributed by atoms with van der Waals surface area (Å²) in [6.45, 7) is 2.76. The number of halogens is 2. The number of hydrogen-bond donors (Lipinski definition) is 1. The zero-order valence-electron chi connectivity index (χ0n) is 10.8. The minimum Gasteiger partial charge on any atom is -0.481 e. The fourth-order valence-corrected chi connectivity index (χ4v) is 3.14. The van der Waals surface area contributed by atoms with Crippen LogP contribution in [0.4, 0.5) is 4.39 Å². The van der Waals surface area contributed by atoms with Gasteiger partial charge in [0, 0.05) is 22.1 Å². The highest BCUT2D eigenvalue weighted by Gasteiger charge is 2.31. The maximum absolute atomic E-state index is 14.0. The Hall–Kier alpha value is -0.940. The first-order chi connectivity index (χ1) is 8.99. The average molecular weight is 330 g/mol. The molecule has 1 aliphatic rings. The summed E-state index contributed by atoms with van der Waals surface area (Å²) in [7, 11) is 0. The number of carboxylic acids is 1. The number of hydrogen-bond acceptors (Lipinski definition) is 2. The summed E-state index contributed by atoms with van der Waals surface area (Å²) in [5.41, 5.74) is 0.625. The van der Waals surface area contributed by atoms with Gasteiger partial charge < -0.3 is 5.11 Å². The maximum Gasteiger partial charge on any atom is 0.304 e. The average Bonchev–Trinajstić information content (AvgIpc) is 2.75. The fraction of sp³-hybridized carbons (Fsp3) is 0.500. The van der Waals surface area contributed by atoms with Crippen LogP contribution in [0.2, 0.25) is 0 Å². The van der Waals surface area contributed by atoms with Gasteiger partial charge in [0.05, 0.1) is 6.42 Å². The summed E-state index contributed by atoms with van der Waals surface area (Å²) in [6.07, 6.45) is 1.97. The van der Waals surface area contributed by atoms with Crippen molar-refractivity contribution in [1.82, 2.24) is 4.90 Å². The van der Waals surface area contributed by atoms with E-state index in [1.165, 1.54) is 6.07 Å². The molecule has 0 aromatic heterocycles. The van der Waals surface area contributed by atoms with Gasteiger partial charge in [-0.05, 0) is 38.4 Å². The first-order valence-corrected chi connectivity index (χ1v) is 7.21. The molecular formula is C14H17BrFNO2. The summed E-state index contributed by atoms with van der Waals surface area (Å²) in [4.78, 5) is 13.0. The Morgan fingerprint density at radius 3 is 3.00 bits per heavy atom. The number of aliphatic carboxylic acids is 1. The summed E-state index contributed by atoms with van der Waals surface area (Å²) in [5.74, 6) is -1.04. The first kappa shape index (κ1) is 14.5. The predicted octanol–water partition coefficient (Wildman–Crippen LogP) is 3.59. The largest absolute Gasteiger partial charge is 0.481 e. The van der Waals surface area contributed by atoms with Crippen LogP contribution in [0.5, 0.6) is 0 Å². The Labute approximate surface area is 120 Å². The van der Waals surface area contributed by atoms with Crippen LogP contribution in [0.15, 0.2) is 22.7 Å². The predicted molar refractivity (Wildman–Crippen MR) is 74.5 cm³/mol. The molecule has 1 heterocycles. The van der Waals surface area contributed by atoms with E-state index in [4.69, 9.17) is 5.11 Å². The lowest BCUT2D eigenvalue weighted by molar-refractivity contribution is -0.138. The number of rotatable bonds is 4. The number of carboxylic acid groups (broad SMARTS) is 1. The molecule has 1 saturated heterocycles. The normalized spacial score (nSPS) is 21.5. The van der Waals surface area contributed by atoms with E-state index in [1.54, 1.807) is 6.07 Å². The molecule has 1 fully saturated rings. The highest BCUT2D eigenvalue weighted by Crippen LogP contribution is 2.32. The Morgan fingerprint density at radius 2 is 2.37 bits per heavy atom. The highest BCUT2D eigenvalue weighted by molar-refractivity contribution is 9.10. The summed E-state index contributed by atoms with van der Waals surface area (Å²) >= 11 is 3.24. The molecule has 0 aliphatic carbocycles. The van der Waals surface area contributed by atoms with Crippen LogP contribution in [0.3, 0.4) is 0 Å². The topological polar surface area (TPSA) is 40.5 Å². The third kappa shape index (κ3) is 3.34. The van der Waals surface area contributed by atoms with Crippen molar-refractivity contribution in [2.45, 2.75) is 38.3 Å². The lowest BCUT2D eigenvalue weighted by Gasteiger charge is -2.30. The van der Waals surface area contributed by atoms with Crippen molar-refractivity contribution in [2.24, 2.45) is 0 Å². The molecule has 0 saturated carbocycles. The second-order valence-corrected chi connectivity index (χ2v) is 5.89. The van der Waals surface area contributed by atoms with Crippen molar-refractivity contribution in [3.05, 3.63) is 34.1 Å². The van der Waals surface area contributed by atoms with E-state index in [1.807, 2.05) is 13.0 Å². The number of benzene rings is 1. The van der Waals surface area contributed by atoms with Gasteiger partial charge in [-0.2, -0.15) is 0 Å². The van der Waals surface area contributed by atoms with Gasteiger partial charge in [0.25, 0.3) is 0 Å². The molecule has 0 bridgehead atoms. The Morgan fingerprint density at radius 1 is 1.63 bits per heavy atom. The smallest absolute Gasteiger partial charge is 0.304 e. The van der Waals surface area contributed by atoms with Crippen molar-refractivity contribution < 1.29 is 14.3 Å². The molecule has 2 rings (SSSR count). The molecule has 2 unspecified atom stereocenters. The zero-order chi connectivity index (χ0) is 14.0. The van der Waals surface area contributed by atoms with Crippen LogP contribution < -0.4 is 0 Å². The summed E-state index contributed by atoms with van der Waals surface area (Å²) < 4.78 is 14.7. The zero-order valence-corrected chi connectivity index (χ0v) is 12.4. The van der Waals surface area contributed by atoms with Gasteiger partial charge >= 0.3 is 5.97 Å². The molecule has 104 valence electrons. The molecule has 1 N–H and O–H groups in total. The molecule has 3 nitrogen and oxygen atoms in total. The van der Waals surface area contributed by atoms with Gasteiger partial charge in [-0.25, -0.2) is 4.39 Å². The third-order valence-corrected chi connectivity index (χ3v) is 4.24. The fourth-order valence-electron chi connectivity index (χ4n) is 2.81. The van der Waals surface area contributed by atoms with E-state index in [0.717, 1.165) is 19.4 Å². The van der Waals surface area contributed by atoms with Crippen molar-refractivity contribution in [3.63, 3.8) is 0 Å². The van der Waals surface area contributed by atoms with Crippen LogP contribution >= 0.6 is 15.9 Å². The van der Waals surface area contributed by atoms with E-state index in [2.05, 4.69) is 20.8 Å². The van der Waals surface area contributed by atoms with Gasteiger partial charge in [-0.1, -0.05) is 22.0 Å². The molecule has 1 aliphatic heterocycles. The number of nitrogens with zero attached hydrogens (tertiary/aromatic N) is 1. The molecule has 1 aromatic rings. The van der Waals surface area contributed by atoms with E-state index in [9.17, 15) is 9.18 Å². The highest BCUT2D eigenvalue weighted by atomic mass is 79.9. The Bertz CT molecular complexity index is 481. The number of carbonyl (C=O) groups is 1. The number of likely N-dealkylation sites (tertiary alicyclic amines) is 1. The lowest BCUT2D eigenvalue weighted by atomic mass is 10.0. The van der Waals surface area contributed by atoms with Crippen molar-refractivity contribution in [2.75, 3.05) is 6.54 Å². The van der Waals surface area contributed by atoms with Gasteiger partial charge in [-0.3, -0.25) is 9.69 Å². The quantitative estimate of drug-likeness (QED) is 0.917. The second kappa shape index (κ2) is 6.01. The van der Waals surface area contributed by atoms with Crippen LogP contribution in [-0.4, -0.2) is 28.6 Å². The Balaban J connectivity index is 2.18. The maximum atomic E-state index is 14.0. The molecule has 19 heavy (non-hydrogen) atoms. The SMILES string of the molecule is CC(c1ccc(Br)cc1F)N1CCCC1CC(=O)O. The van der Waals surface area contributed by atoms with Crippen LogP contribution in [0.1, 0.15) is 37.8 Å². The van der Waals surface area contributed by atoms with Crippen LogP contribution in [0, 0.1) is 5.82 Å². The molecule has 0 amide bonds. The van der Waals surface area contributed by atoms with E-state index < -0.39 is 5.97 Å². The summed E-state index contributed by atoms with van der Waals surface area (Å²) in [6, 6.07) is 4.95. The van der Waals surface area contributed by atoms with Crippen molar-refractivity contribution in [1.29, 1.82) is 0 Å². The monoisotopic (exact) mass is 329 g/mol. The standard InChI is InChI=1S/C14H17BrFNO2/c1-9(12-5-4-10(15)7-13(12)16)17-6-2-3-11(17)8-14(18)19/h4-5,7,9,11H,2-3,6,8H2,1H3,(H,18,19). The van der Waals surface area contributed by atoms with Gasteiger partial charge in [0.2, 0.25) is 0 Å². The van der Waals surface area contributed by atoms with E-state index in [-0.39, 0.29) is 24.3 Å². The molecule has 0 radical (unpaired) electrons. The van der Waals surface area contributed by atoms with Crippen LogP contribution in [-0.2, 0) is 4.79 Å². The first-order valence-electron chi connectivity index (χ1n) is 6.41. The molecule has 2 atom stereocenters. The lowest BCUT2D eigenvalue weighted by Crippen LogP contribution is -2.34. The van der Waals surface area contributed by atoms with Crippen molar-refractivity contribution in [3.8, 4) is 0 Å². The molecular weight excluding hydrogens is 313 g/mol. The van der Waals surface area contributed by atoms with Crippen molar-refractivity contribution >= 4 is 21.9 Å². The molecule has 0 spiro atoms. The van der Waals surface area contributed by atoms with E-state index in [0.29, 0.717) is 10.0 Å². The summed E-state index contributed by atoms with van der Waals surface area (Å²) in [5, 5.41) is 8.93. The minimum absolute atomic E-state index is 0.00977. The van der Waals surface area contributed by atoms with Gasteiger partial charge in [0.15, 0.2) is 0 Å². The second-order valence-electron chi connectivity index (χ2n) is 4.97. The Kier molecular flexibility index (Phi) is 4.58. The van der Waals surface area contributed by atoms with Crippen LogP contribution in [0.25, 0.3) is 0 Å². The molecule has 1 aromatic carbocycles. The van der Waals surface area contributed by atoms with E-state index >= 15 is 0 Å². The third-order valence-electron chi connectivity index (χ3n) is 3.74.